The Morgan fingerprint density at radius 2 is 1.52 bits per heavy atom. The molecule has 0 saturated carbocycles. The highest BCUT2D eigenvalue weighted by Gasteiger charge is 2.15. The lowest BCUT2D eigenvalue weighted by Gasteiger charge is -2.18. The number of nitrogens with one attached hydrogen (secondary N) is 2. The lowest BCUT2D eigenvalue weighted by molar-refractivity contribution is 0.0922. The fraction of sp³-hybridized carbons (Fsp3) is 0.524. The van der Waals surface area contributed by atoms with Crippen LogP contribution >= 0.6 is 0 Å². The zero-order valence-corrected chi connectivity index (χ0v) is 16.0. The molecule has 2 aromatic rings. The van der Waals surface area contributed by atoms with Crippen molar-refractivity contribution in [3.05, 3.63) is 48.3 Å². The first-order valence-electron chi connectivity index (χ1n) is 9.84. The summed E-state index contributed by atoms with van der Waals surface area (Å²) in [4.78, 5) is 24.2. The zero-order chi connectivity index (χ0) is 19.3. The van der Waals surface area contributed by atoms with E-state index in [4.69, 9.17) is 8.83 Å². The van der Waals surface area contributed by atoms with Crippen LogP contribution in [-0.4, -0.2) is 24.4 Å². The summed E-state index contributed by atoms with van der Waals surface area (Å²) in [6.45, 7) is 2.77. The molecule has 1 unspecified atom stereocenters. The number of furan rings is 2. The molecule has 0 bridgehead atoms. The largest absolute Gasteiger partial charge is 0.472 e. The third kappa shape index (κ3) is 7.72. The van der Waals surface area contributed by atoms with Gasteiger partial charge in [0.2, 0.25) is 0 Å². The van der Waals surface area contributed by atoms with E-state index in [1.54, 1.807) is 12.1 Å². The minimum atomic E-state index is -0.137. The highest BCUT2D eigenvalue weighted by atomic mass is 16.3. The third-order valence-corrected chi connectivity index (χ3v) is 4.57. The van der Waals surface area contributed by atoms with Crippen molar-refractivity contribution >= 4 is 11.8 Å². The monoisotopic (exact) mass is 374 g/mol. The average Bonchev–Trinajstić information content (AvgIpc) is 3.38. The Kier molecular flexibility index (Phi) is 9.24. The molecule has 6 heteroatoms. The summed E-state index contributed by atoms with van der Waals surface area (Å²) in [5.74, 6) is -0.243. The Morgan fingerprint density at radius 3 is 2.15 bits per heavy atom. The zero-order valence-electron chi connectivity index (χ0n) is 16.0. The molecule has 0 radical (unpaired) electrons. The van der Waals surface area contributed by atoms with E-state index >= 15 is 0 Å². The first kappa shape index (κ1) is 20.8. The summed E-state index contributed by atoms with van der Waals surface area (Å²) in [7, 11) is 0. The van der Waals surface area contributed by atoms with Crippen molar-refractivity contribution in [2.45, 2.75) is 64.3 Å². The van der Waals surface area contributed by atoms with Gasteiger partial charge < -0.3 is 19.5 Å². The van der Waals surface area contributed by atoms with Crippen molar-refractivity contribution in [2.75, 3.05) is 6.54 Å². The number of unbranched alkanes of at least 4 members (excludes halogenated alkanes) is 4. The molecule has 2 heterocycles. The van der Waals surface area contributed by atoms with Crippen molar-refractivity contribution in [3.63, 3.8) is 0 Å². The predicted octanol–water partition coefficient (Wildman–Crippen LogP) is 4.54. The van der Waals surface area contributed by atoms with Crippen LogP contribution in [0.25, 0.3) is 0 Å². The number of hydrogen-bond acceptors (Lipinski definition) is 4. The number of carbonyl (C=O) groups excluding carboxylic acids is 2. The van der Waals surface area contributed by atoms with E-state index < -0.39 is 0 Å². The quantitative estimate of drug-likeness (QED) is 0.504. The maximum atomic E-state index is 12.3. The highest BCUT2D eigenvalue weighted by Crippen LogP contribution is 2.12. The van der Waals surface area contributed by atoms with E-state index in [2.05, 4.69) is 17.6 Å². The molecular formula is C21H30N2O4. The van der Waals surface area contributed by atoms with Crippen molar-refractivity contribution in [3.8, 4) is 0 Å². The minimum absolute atomic E-state index is 0.0971. The van der Waals surface area contributed by atoms with Crippen LogP contribution in [0, 0.1) is 0 Å². The van der Waals surface area contributed by atoms with E-state index in [-0.39, 0.29) is 17.9 Å². The van der Waals surface area contributed by atoms with E-state index in [9.17, 15) is 9.59 Å². The second-order valence-corrected chi connectivity index (χ2v) is 6.80. The number of carbonyl (C=O) groups is 2. The van der Waals surface area contributed by atoms with E-state index in [1.807, 2.05) is 0 Å². The molecule has 0 fully saturated rings. The molecule has 27 heavy (non-hydrogen) atoms. The Labute approximate surface area is 160 Å². The molecule has 2 rings (SSSR count). The Balaban J connectivity index is 1.74. The van der Waals surface area contributed by atoms with Gasteiger partial charge in [-0.15, -0.1) is 0 Å². The maximum Gasteiger partial charge on any atom is 0.254 e. The van der Waals surface area contributed by atoms with Crippen LogP contribution in [0.1, 0.15) is 79.0 Å². The predicted molar refractivity (Wildman–Crippen MR) is 104 cm³/mol. The second kappa shape index (κ2) is 12.0. The van der Waals surface area contributed by atoms with Crippen LogP contribution in [0.15, 0.2) is 46.0 Å². The van der Waals surface area contributed by atoms with Crippen molar-refractivity contribution in [2.24, 2.45) is 0 Å². The normalized spacial score (nSPS) is 11.9. The number of rotatable bonds is 13. The SMILES string of the molecule is CCCCCCCC(CCCNC(=O)c1ccoc1)NC(=O)c1ccoc1. The molecule has 148 valence electrons. The van der Waals surface area contributed by atoms with Gasteiger partial charge in [0.1, 0.15) is 12.5 Å². The summed E-state index contributed by atoms with van der Waals surface area (Å²) in [5, 5.41) is 5.98. The molecule has 0 spiro atoms. The van der Waals surface area contributed by atoms with Gasteiger partial charge in [0, 0.05) is 12.6 Å². The fourth-order valence-corrected chi connectivity index (χ4v) is 2.99. The molecular weight excluding hydrogens is 344 g/mol. The van der Waals surface area contributed by atoms with Gasteiger partial charge in [-0.1, -0.05) is 39.0 Å². The van der Waals surface area contributed by atoms with Crippen LogP contribution in [0.2, 0.25) is 0 Å². The first-order valence-corrected chi connectivity index (χ1v) is 9.84. The van der Waals surface area contributed by atoms with Gasteiger partial charge in [-0.2, -0.15) is 0 Å². The molecule has 0 saturated heterocycles. The standard InChI is InChI=1S/C21H30N2O4/c1-2-3-4-5-6-8-19(23-21(25)18-11-14-27-16-18)9-7-12-22-20(24)17-10-13-26-15-17/h10-11,13-16,19H,2-9,12H2,1H3,(H,22,24)(H,23,25). The lowest BCUT2D eigenvalue weighted by Crippen LogP contribution is -2.35. The van der Waals surface area contributed by atoms with Crippen LogP contribution in [-0.2, 0) is 0 Å². The van der Waals surface area contributed by atoms with E-state index in [0.29, 0.717) is 17.7 Å². The molecule has 0 aliphatic rings. The van der Waals surface area contributed by atoms with Gasteiger partial charge in [-0.25, -0.2) is 0 Å². The van der Waals surface area contributed by atoms with Gasteiger partial charge in [0.25, 0.3) is 11.8 Å². The fourth-order valence-electron chi connectivity index (χ4n) is 2.99. The lowest BCUT2D eigenvalue weighted by atomic mass is 10.0. The van der Waals surface area contributed by atoms with Gasteiger partial charge >= 0.3 is 0 Å². The van der Waals surface area contributed by atoms with Gasteiger partial charge in [-0.05, 0) is 31.4 Å². The smallest absolute Gasteiger partial charge is 0.254 e. The van der Waals surface area contributed by atoms with Crippen molar-refractivity contribution < 1.29 is 18.4 Å². The highest BCUT2D eigenvalue weighted by molar-refractivity contribution is 5.94. The average molecular weight is 374 g/mol. The molecule has 6 nitrogen and oxygen atoms in total. The van der Waals surface area contributed by atoms with Crippen LogP contribution < -0.4 is 10.6 Å². The molecule has 0 aromatic carbocycles. The molecule has 2 aromatic heterocycles. The maximum absolute atomic E-state index is 12.3. The van der Waals surface area contributed by atoms with Crippen molar-refractivity contribution in [1.29, 1.82) is 0 Å². The van der Waals surface area contributed by atoms with E-state index in [1.165, 1.54) is 50.7 Å². The molecule has 2 N–H and O–H groups in total. The number of amides is 2. The summed E-state index contributed by atoms with van der Waals surface area (Å²) in [6, 6.07) is 3.40. The molecule has 2 amide bonds. The Morgan fingerprint density at radius 1 is 0.889 bits per heavy atom. The van der Waals surface area contributed by atoms with Gasteiger partial charge in [-0.3, -0.25) is 9.59 Å². The third-order valence-electron chi connectivity index (χ3n) is 4.57. The summed E-state index contributed by atoms with van der Waals surface area (Å²) in [5.41, 5.74) is 1.06. The topological polar surface area (TPSA) is 84.5 Å². The van der Waals surface area contributed by atoms with Crippen LogP contribution in [0.5, 0.6) is 0 Å². The summed E-state index contributed by atoms with van der Waals surface area (Å²) < 4.78 is 9.90. The Hall–Kier alpha value is -2.50. The first-order chi connectivity index (χ1) is 13.2. The summed E-state index contributed by atoms with van der Waals surface area (Å²) in [6.07, 6.45) is 14.4. The number of hydrogen-bond donors (Lipinski definition) is 2. The molecule has 0 aliphatic carbocycles. The molecule has 0 aliphatic heterocycles. The second-order valence-electron chi connectivity index (χ2n) is 6.80. The summed E-state index contributed by atoms with van der Waals surface area (Å²) >= 11 is 0. The van der Waals surface area contributed by atoms with Gasteiger partial charge in [0.05, 0.1) is 23.7 Å². The molecule has 1 atom stereocenters. The minimum Gasteiger partial charge on any atom is -0.472 e. The Bertz CT molecular complexity index is 650. The van der Waals surface area contributed by atoms with Crippen molar-refractivity contribution in [1.82, 2.24) is 10.6 Å². The van der Waals surface area contributed by atoms with E-state index in [0.717, 1.165) is 25.7 Å². The van der Waals surface area contributed by atoms with Crippen LogP contribution in [0.3, 0.4) is 0 Å². The van der Waals surface area contributed by atoms with Crippen LogP contribution in [0.4, 0.5) is 0 Å². The van der Waals surface area contributed by atoms with Gasteiger partial charge in [0.15, 0.2) is 0 Å².